The van der Waals surface area contributed by atoms with Crippen molar-refractivity contribution in [1.82, 2.24) is 9.80 Å². The summed E-state index contributed by atoms with van der Waals surface area (Å²) in [6.45, 7) is 5.06. The van der Waals surface area contributed by atoms with Crippen molar-refractivity contribution in [2.75, 3.05) is 41.5 Å². The molecule has 0 spiro atoms. The number of hydrogen-bond acceptors (Lipinski definition) is 12. The highest BCUT2D eigenvalue weighted by atomic mass is 16.7. The fourth-order valence-electron chi connectivity index (χ4n) is 8.45. The Morgan fingerprint density at radius 3 is 2.49 bits per heavy atom. The number of hydrogen-bond donors (Lipinski definition) is 0. The predicted molar refractivity (Wildman–Crippen MR) is 185 cm³/mol. The van der Waals surface area contributed by atoms with Gasteiger partial charge in [0.05, 0.1) is 25.3 Å². The second-order valence-electron chi connectivity index (χ2n) is 13.2. The van der Waals surface area contributed by atoms with E-state index in [-0.39, 0.29) is 38.3 Å². The molecule has 0 radical (unpaired) electrons. The highest BCUT2D eigenvalue weighted by molar-refractivity contribution is 5.87. The van der Waals surface area contributed by atoms with Crippen LogP contribution in [-0.2, 0) is 31.9 Å². The summed E-state index contributed by atoms with van der Waals surface area (Å²) in [4.78, 5) is 30.3. The molecule has 2 bridgehead atoms. The number of nitrogens with zero attached hydrogens (tertiary/aromatic N) is 3. The first-order valence-electron chi connectivity index (χ1n) is 16.9. The van der Waals surface area contributed by atoms with E-state index in [0.717, 1.165) is 27.8 Å². The zero-order valence-electron chi connectivity index (χ0n) is 29.6. The van der Waals surface area contributed by atoms with Crippen molar-refractivity contribution in [3.63, 3.8) is 0 Å². The normalized spacial score (nSPS) is 23.1. The van der Waals surface area contributed by atoms with Crippen LogP contribution in [0.3, 0.4) is 0 Å². The number of aryl methyl sites for hydroxylation is 1. The number of ether oxygens (including phenoxy) is 7. The van der Waals surface area contributed by atoms with E-state index < -0.39 is 24.0 Å². The first-order valence-corrected chi connectivity index (χ1v) is 16.9. The van der Waals surface area contributed by atoms with Gasteiger partial charge in [-0.05, 0) is 56.5 Å². The number of esters is 2. The van der Waals surface area contributed by atoms with Crippen LogP contribution in [0.5, 0.6) is 28.7 Å². The minimum absolute atomic E-state index is 0.0124. The second-order valence-corrected chi connectivity index (χ2v) is 13.2. The molecule has 0 N–H and O–H groups in total. The van der Waals surface area contributed by atoms with Crippen LogP contribution in [0.4, 0.5) is 0 Å². The van der Waals surface area contributed by atoms with E-state index in [4.69, 9.17) is 33.2 Å². The minimum atomic E-state index is -0.654. The van der Waals surface area contributed by atoms with E-state index in [9.17, 15) is 14.9 Å². The Labute approximate surface area is 297 Å². The third-order valence-electron chi connectivity index (χ3n) is 10.4. The molecule has 4 aliphatic heterocycles. The van der Waals surface area contributed by atoms with Gasteiger partial charge in [0.2, 0.25) is 6.79 Å². The number of rotatable bonds is 9. The molecule has 1 fully saturated rings. The topological polar surface area (TPSA) is 129 Å². The van der Waals surface area contributed by atoms with E-state index in [2.05, 4.69) is 21.9 Å². The smallest absolute Gasteiger partial charge is 0.330 e. The number of benzene rings is 3. The summed E-state index contributed by atoms with van der Waals surface area (Å²) in [6.07, 6.45) is 4.04. The van der Waals surface area contributed by atoms with Crippen molar-refractivity contribution in [1.29, 1.82) is 5.26 Å². The minimum Gasteiger partial charge on any atom is -0.493 e. The summed E-state index contributed by atoms with van der Waals surface area (Å²) in [5.74, 6) is 1.53. The lowest BCUT2D eigenvalue weighted by molar-refractivity contribution is -0.143. The van der Waals surface area contributed by atoms with Crippen molar-refractivity contribution in [2.24, 2.45) is 0 Å². The highest BCUT2D eigenvalue weighted by Crippen LogP contribution is 2.58. The number of fused-ring (bicyclic) bond motifs is 9. The number of carbonyl (C=O) groups excluding carboxylic acids is 2. The summed E-state index contributed by atoms with van der Waals surface area (Å²) in [7, 11) is 5.22. The molecule has 0 aliphatic carbocycles. The van der Waals surface area contributed by atoms with Crippen molar-refractivity contribution < 1.29 is 42.7 Å². The van der Waals surface area contributed by atoms with Gasteiger partial charge in [-0.2, -0.15) is 5.26 Å². The van der Waals surface area contributed by atoms with Crippen LogP contribution in [0.2, 0.25) is 0 Å². The summed E-state index contributed by atoms with van der Waals surface area (Å²) < 4.78 is 41.5. The molecule has 51 heavy (non-hydrogen) atoms. The maximum atomic E-state index is 13.3. The van der Waals surface area contributed by atoms with Crippen LogP contribution in [0.15, 0.2) is 42.5 Å². The third-order valence-corrected chi connectivity index (χ3v) is 10.4. The number of carbonyl (C=O) groups is 2. The van der Waals surface area contributed by atoms with Crippen LogP contribution >= 0.6 is 0 Å². The van der Waals surface area contributed by atoms with Gasteiger partial charge in [0.15, 0.2) is 29.8 Å². The van der Waals surface area contributed by atoms with Gasteiger partial charge in [-0.3, -0.25) is 14.6 Å². The molecule has 1 unspecified atom stereocenters. The van der Waals surface area contributed by atoms with Crippen molar-refractivity contribution in [2.45, 2.75) is 63.8 Å². The lowest BCUT2D eigenvalue weighted by Crippen LogP contribution is -2.68. The zero-order chi connectivity index (χ0) is 36.0. The molecule has 12 nitrogen and oxygen atoms in total. The molecule has 7 rings (SSSR count). The SMILES string of the molecule is COCOc1c(OC)c(C)cc2c1[C@@H]1C3Cc4c(OC(C)=O)c(C)c5c(c4[C@H](COC(=O)C=Cc4ccccc4)N3[C@@H](C#N)[C@H](C2)N1C)OCO5. The molecule has 0 saturated carbocycles. The van der Waals surface area contributed by atoms with E-state index >= 15 is 0 Å². The first kappa shape index (κ1) is 34.4. The van der Waals surface area contributed by atoms with Gasteiger partial charge in [0, 0.05) is 54.4 Å². The standard InChI is InChI=1S/C39H41N3O9/c1-21-14-25-15-27-29(17-40)42-28(34(41(27)4)32(25)38(35(21)46-6)48-19-45-5)16-26-33(39-37(49-20-50-39)22(2)36(26)51-23(3)43)30(42)18-47-31(44)13-12-24-10-8-7-9-11-24/h7-14,27-30,34H,15-16,18-20H2,1-6H3/t27-,28?,29-,30-,34-/m0/s1. The number of nitriles is 1. The molecule has 12 heteroatoms. The maximum absolute atomic E-state index is 13.3. The lowest BCUT2D eigenvalue weighted by atomic mass is 9.71. The summed E-state index contributed by atoms with van der Waals surface area (Å²) >= 11 is 0. The lowest BCUT2D eigenvalue weighted by Gasteiger charge is -2.59. The molecule has 3 aromatic rings. The molecule has 4 aliphatic rings. The number of methoxy groups -OCH3 is 2. The van der Waals surface area contributed by atoms with Gasteiger partial charge in [-0.15, -0.1) is 0 Å². The summed E-state index contributed by atoms with van der Waals surface area (Å²) in [5.41, 5.74) is 5.83. The molecule has 4 heterocycles. The summed E-state index contributed by atoms with van der Waals surface area (Å²) in [6, 6.07) is 12.1. The zero-order valence-corrected chi connectivity index (χ0v) is 29.6. The van der Waals surface area contributed by atoms with E-state index in [1.165, 1.54) is 13.0 Å². The molecule has 3 aromatic carbocycles. The molecule has 0 amide bonds. The maximum Gasteiger partial charge on any atom is 0.330 e. The van der Waals surface area contributed by atoms with Gasteiger partial charge in [0.1, 0.15) is 18.4 Å². The number of likely N-dealkylation sites (N-methyl/N-ethyl adjacent to an activating group) is 1. The van der Waals surface area contributed by atoms with Crippen molar-refractivity contribution >= 4 is 18.0 Å². The third kappa shape index (κ3) is 5.85. The second kappa shape index (κ2) is 13.9. The van der Waals surface area contributed by atoms with Crippen LogP contribution < -0.4 is 23.7 Å². The largest absolute Gasteiger partial charge is 0.493 e. The molecular weight excluding hydrogens is 654 g/mol. The van der Waals surface area contributed by atoms with Crippen LogP contribution in [0.25, 0.3) is 6.08 Å². The van der Waals surface area contributed by atoms with Crippen molar-refractivity contribution in [3.05, 3.63) is 81.4 Å². The van der Waals surface area contributed by atoms with Crippen LogP contribution in [0, 0.1) is 25.2 Å². The van der Waals surface area contributed by atoms with Gasteiger partial charge in [-0.25, -0.2) is 4.79 Å². The van der Waals surface area contributed by atoms with Gasteiger partial charge in [-0.1, -0.05) is 36.4 Å². The fraction of sp³-hybridized carbons (Fsp3) is 0.410. The molecule has 0 aromatic heterocycles. The molecular formula is C39H41N3O9. The molecule has 266 valence electrons. The van der Waals surface area contributed by atoms with Crippen molar-refractivity contribution in [3.8, 4) is 34.8 Å². The molecule has 1 saturated heterocycles. The Bertz CT molecular complexity index is 1940. The van der Waals surface area contributed by atoms with Gasteiger partial charge >= 0.3 is 11.9 Å². The Kier molecular flexibility index (Phi) is 9.37. The quantitative estimate of drug-likeness (QED) is 0.130. The van der Waals surface area contributed by atoms with Gasteiger partial charge < -0.3 is 33.2 Å². The average Bonchev–Trinajstić information content (AvgIpc) is 3.61. The first-order chi connectivity index (χ1) is 24.7. The highest BCUT2D eigenvalue weighted by Gasteiger charge is 2.57. The Morgan fingerprint density at radius 2 is 1.78 bits per heavy atom. The fourth-order valence-corrected chi connectivity index (χ4v) is 8.45. The van der Waals surface area contributed by atoms with Gasteiger partial charge in [0.25, 0.3) is 0 Å². The number of piperazine rings is 1. The monoisotopic (exact) mass is 695 g/mol. The van der Waals surface area contributed by atoms with Crippen LogP contribution in [0.1, 0.15) is 58.0 Å². The Hall–Kier alpha value is -5.09. The van der Waals surface area contributed by atoms with Crippen LogP contribution in [-0.4, -0.2) is 81.3 Å². The Balaban J connectivity index is 1.40. The van der Waals surface area contributed by atoms with E-state index in [0.29, 0.717) is 52.7 Å². The van der Waals surface area contributed by atoms with E-state index in [1.807, 2.05) is 51.2 Å². The predicted octanol–water partition coefficient (Wildman–Crippen LogP) is 4.98. The average molecular weight is 696 g/mol. The summed E-state index contributed by atoms with van der Waals surface area (Å²) in [5, 5.41) is 11.0. The van der Waals surface area contributed by atoms with E-state index in [1.54, 1.807) is 20.3 Å². The Morgan fingerprint density at radius 1 is 1.02 bits per heavy atom. The molecule has 5 atom stereocenters.